The molecule has 2 aromatic carbocycles. The van der Waals surface area contributed by atoms with Gasteiger partial charge in [0, 0.05) is 29.9 Å². The van der Waals surface area contributed by atoms with E-state index < -0.39 is 11.6 Å². The number of carbonyl (C=O) groups excluding carboxylic acids is 1. The van der Waals surface area contributed by atoms with Crippen molar-refractivity contribution in [3.63, 3.8) is 0 Å². The number of hydrogen-bond donors (Lipinski definition) is 1. The van der Waals surface area contributed by atoms with Gasteiger partial charge < -0.3 is 5.32 Å². The molecule has 2 aromatic rings. The first kappa shape index (κ1) is 19.6. The standard InChI is InChI=1S/C24H19F2N3O/c1-15-14-29-23(12-21(15)20-9-7-18(25)10-22(20)26)28-19(11-24(29)30)8-6-16-2-4-17(13-27)5-3-16/h2-5,7,9-12,28H,6,8,14H2,1H3. The van der Waals surface area contributed by atoms with Crippen molar-refractivity contribution in [3.8, 4) is 6.07 Å². The second-order valence-corrected chi connectivity index (χ2v) is 7.38. The number of rotatable bonds is 4. The lowest BCUT2D eigenvalue weighted by atomic mass is 9.96. The smallest absolute Gasteiger partial charge is 0.254 e. The fourth-order valence-electron chi connectivity index (χ4n) is 3.65. The molecule has 0 bridgehead atoms. The summed E-state index contributed by atoms with van der Waals surface area (Å²) >= 11 is 0. The number of carbonyl (C=O) groups is 1. The molecule has 0 spiro atoms. The van der Waals surface area contributed by atoms with E-state index in [1.54, 1.807) is 29.2 Å². The Hall–Kier alpha value is -3.72. The van der Waals surface area contributed by atoms with Crippen LogP contribution in [0.1, 0.15) is 30.0 Å². The minimum absolute atomic E-state index is 0.132. The van der Waals surface area contributed by atoms with Crippen LogP contribution in [0.3, 0.4) is 0 Å². The maximum absolute atomic E-state index is 14.3. The summed E-state index contributed by atoms with van der Waals surface area (Å²) in [6.45, 7) is 2.17. The molecule has 1 amide bonds. The summed E-state index contributed by atoms with van der Waals surface area (Å²) in [5.41, 5.74) is 4.22. The van der Waals surface area contributed by atoms with Crippen LogP contribution in [0, 0.1) is 23.0 Å². The predicted octanol–water partition coefficient (Wildman–Crippen LogP) is 4.41. The lowest BCUT2D eigenvalue weighted by molar-refractivity contribution is -0.124. The molecule has 150 valence electrons. The van der Waals surface area contributed by atoms with Gasteiger partial charge in [-0.05, 0) is 66.8 Å². The van der Waals surface area contributed by atoms with E-state index in [0.29, 0.717) is 41.9 Å². The number of benzene rings is 2. The van der Waals surface area contributed by atoms with Crippen molar-refractivity contribution >= 4 is 11.5 Å². The first-order valence-electron chi connectivity index (χ1n) is 9.59. The van der Waals surface area contributed by atoms with Crippen molar-refractivity contribution in [2.75, 3.05) is 6.54 Å². The van der Waals surface area contributed by atoms with Crippen LogP contribution >= 0.6 is 0 Å². The third-order valence-electron chi connectivity index (χ3n) is 5.27. The zero-order valence-corrected chi connectivity index (χ0v) is 16.4. The highest BCUT2D eigenvalue weighted by Crippen LogP contribution is 2.31. The van der Waals surface area contributed by atoms with E-state index in [2.05, 4.69) is 11.4 Å². The molecule has 2 aliphatic rings. The van der Waals surface area contributed by atoms with E-state index in [1.165, 1.54) is 12.1 Å². The van der Waals surface area contributed by atoms with Crippen molar-refractivity contribution in [2.24, 2.45) is 0 Å². The summed E-state index contributed by atoms with van der Waals surface area (Å²) in [6, 6.07) is 12.9. The molecule has 0 radical (unpaired) electrons. The third kappa shape index (κ3) is 3.87. The van der Waals surface area contributed by atoms with Crippen LogP contribution in [0.25, 0.3) is 5.57 Å². The molecule has 1 N–H and O–H groups in total. The Kier molecular flexibility index (Phi) is 5.20. The van der Waals surface area contributed by atoms with Gasteiger partial charge in [0.15, 0.2) is 0 Å². The third-order valence-corrected chi connectivity index (χ3v) is 5.27. The van der Waals surface area contributed by atoms with Gasteiger partial charge in [-0.15, -0.1) is 0 Å². The number of nitriles is 1. The zero-order valence-electron chi connectivity index (χ0n) is 16.4. The number of nitrogens with zero attached hydrogens (tertiary/aromatic N) is 2. The van der Waals surface area contributed by atoms with Gasteiger partial charge in [-0.25, -0.2) is 8.78 Å². The van der Waals surface area contributed by atoms with Gasteiger partial charge in [0.2, 0.25) is 0 Å². The Morgan fingerprint density at radius 2 is 1.87 bits per heavy atom. The largest absolute Gasteiger partial charge is 0.345 e. The van der Waals surface area contributed by atoms with E-state index in [-0.39, 0.29) is 5.91 Å². The second-order valence-electron chi connectivity index (χ2n) is 7.38. The van der Waals surface area contributed by atoms with E-state index >= 15 is 0 Å². The average molecular weight is 403 g/mol. The monoisotopic (exact) mass is 403 g/mol. The van der Waals surface area contributed by atoms with E-state index in [4.69, 9.17) is 5.26 Å². The first-order valence-corrected chi connectivity index (χ1v) is 9.59. The van der Waals surface area contributed by atoms with Crippen molar-refractivity contribution in [3.05, 3.63) is 100 Å². The molecule has 4 nitrogen and oxygen atoms in total. The maximum Gasteiger partial charge on any atom is 0.254 e. The van der Waals surface area contributed by atoms with Gasteiger partial charge in [-0.3, -0.25) is 9.69 Å². The fraction of sp³-hybridized carbons (Fsp3) is 0.167. The lowest BCUT2D eigenvalue weighted by Crippen LogP contribution is -2.42. The summed E-state index contributed by atoms with van der Waals surface area (Å²) in [5.74, 6) is -0.804. The lowest BCUT2D eigenvalue weighted by Gasteiger charge is -2.34. The first-order chi connectivity index (χ1) is 14.4. The Labute approximate surface area is 173 Å². The summed E-state index contributed by atoms with van der Waals surface area (Å²) in [7, 11) is 0. The Bertz CT molecular complexity index is 1150. The molecular formula is C24H19F2N3O. The number of aryl methyl sites for hydroxylation is 1. The van der Waals surface area contributed by atoms with Gasteiger partial charge in [-0.2, -0.15) is 5.26 Å². The molecule has 0 atom stereocenters. The molecule has 30 heavy (non-hydrogen) atoms. The Morgan fingerprint density at radius 3 is 2.57 bits per heavy atom. The number of allylic oxidation sites excluding steroid dienone is 3. The molecule has 0 unspecified atom stereocenters. The number of amides is 1. The minimum atomic E-state index is -0.631. The van der Waals surface area contributed by atoms with Crippen LogP contribution in [-0.2, 0) is 11.2 Å². The van der Waals surface area contributed by atoms with Crippen LogP contribution in [0.15, 0.2) is 71.7 Å². The Morgan fingerprint density at radius 1 is 1.10 bits per heavy atom. The number of halogens is 2. The molecule has 0 saturated carbocycles. The highest BCUT2D eigenvalue weighted by molar-refractivity contribution is 5.93. The molecule has 2 heterocycles. The minimum Gasteiger partial charge on any atom is -0.345 e. The molecule has 0 fully saturated rings. The van der Waals surface area contributed by atoms with Gasteiger partial charge in [0.1, 0.15) is 17.5 Å². The quantitative estimate of drug-likeness (QED) is 0.823. The van der Waals surface area contributed by atoms with E-state index in [9.17, 15) is 13.6 Å². The molecule has 6 heteroatoms. The van der Waals surface area contributed by atoms with E-state index in [0.717, 1.165) is 22.9 Å². The number of fused-ring (bicyclic) bond motifs is 1. The maximum atomic E-state index is 14.3. The highest BCUT2D eigenvalue weighted by atomic mass is 19.1. The van der Waals surface area contributed by atoms with Gasteiger partial charge in [-0.1, -0.05) is 12.1 Å². The van der Waals surface area contributed by atoms with Crippen LogP contribution in [0.4, 0.5) is 8.78 Å². The Balaban J connectivity index is 1.54. The molecule has 0 saturated heterocycles. The highest BCUT2D eigenvalue weighted by Gasteiger charge is 2.28. The van der Waals surface area contributed by atoms with Gasteiger partial charge in [0.25, 0.3) is 5.91 Å². The fourth-order valence-corrected chi connectivity index (χ4v) is 3.65. The van der Waals surface area contributed by atoms with Crippen LogP contribution in [0.2, 0.25) is 0 Å². The summed E-state index contributed by atoms with van der Waals surface area (Å²) in [6.07, 6.45) is 4.64. The van der Waals surface area contributed by atoms with E-state index in [1.807, 2.05) is 19.1 Å². The van der Waals surface area contributed by atoms with Crippen LogP contribution in [0.5, 0.6) is 0 Å². The number of hydrogen-bond acceptors (Lipinski definition) is 3. The van der Waals surface area contributed by atoms with Crippen molar-refractivity contribution < 1.29 is 13.6 Å². The molecule has 4 rings (SSSR count). The summed E-state index contributed by atoms with van der Waals surface area (Å²) < 4.78 is 27.6. The second kappa shape index (κ2) is 7.96. The average Bonchev–Trinajstić information content (AvgIpc) is 2.73. The summed E-state index contributed by atoms with van der Waals surface area (Å²) in [4.78, 5) is 14.2. The molecule has 2 aliphatic heterocycles. The topological polar surface area (TPSA) is 56.1 Å². The molecule has 0 aromatic heterocycles. The van der Waals surface area contributed by atoms with Crippen molar-refractivity contribution in [1.82, 2.24) is 10.2 Å². The van der Waals surface area contributed by atoms with Crippen molar-refractivity contribution in [2.45, 2.75) is 19.8 Å². The molecule has 0 aliphatic carbocycles. The van der Waals surface area contributed by atoms with Crippen LogP contribution in [-0.4, -0.2) is 17.4 Å². The zero-order chi connectivity index (χ0) is 21.3. The molecular weight excluding hydrogens is 384 g/mol. The van der Waals surface area contributed by atoms with Gasteiger partial charge >= 0.3 is 0 Å². The summed E-state index contributed by atoms with van der Waals surface area (Å²) in [5, 5.41) is 12.2. The number of nitrogens with one attached hydrogen (secondary N) is 1. The van der Waals surface area contributed by atoms with Crippen molar-refractivity contribution in [1.29, 1.82) is 5.26 Å². The predicted molar refractivity (Wildman–Crippen MR) is 109 cm³/mol. The van der Waals surface area contributed by atoms with Gasteiger partial charge in [0.05, 0.1) is 11.6 Å². The SMILES string of the molecule is CC1=C(c2ccc(F)cc2F)C=C2NC(CCc3ccc(C#N)cc3)=CC(=O)N2C1. The normalized spacial score (nSPS) is 15.8. The van der Waals surface area contributed by atoms with Crippen LogP contribution < -0.4 is 5.32 Å².